The van der Waals surface area contributed by atoms with E-state index >= 15 is 0 Å². The van der Waals surface area contributed by atoms with Crippen LogP contribution in [-0.2, 0) is 65.4 Å². The van der Waals surface area contributed by atoms with E-state index in [-0.39, 0.29) is 25.7 Å². The quantitative estimate of drug-likeness (QED) is 0.0169. The Bertz CT molecular complexity index is 2990. The van der Waals surface area contributed by atoms with Gasteiger partial charge in [0.25, 0.3) is 0 Å². The summed E-state index contributed by atoms with van der Waals surface area (Å²) in [5.74, 6) is -2.50. The third-order valence-corrected chi connectivity index (χ3v) is 18.3. The lowest BCUT2D eigenvalue weighted by Gasteiger charge is -2.21. The number of esters is 4. The summed E-state index contributed by atoms with van der Waals surface area (Å²) in [6, 6.07) is 0. The van der Waals surface area contributed by atoms with Gasteiger partial charge < -0.3 is 33.8 Å². The lowest BCUT2D eigenvalue weighted by molar-refractivity contribution is -0.161. The van der Waals surface area contributed by atoms with Crippen molar-refractivity contribution in [3.8, 4) is 0 Å². The largest absolute Gasteiger partial charge is 0.472 e. The number of aliphatic hydroxyl groups is 1. The van der Waals surface area contributed by atoms with Gasteiger partial charge in [-0.3, -0.25) is 37.3 Å². The van der Waals surface area contributed by atoms with Crippen molar-refractivity contribution in [2.24, 2.45) is 0 Å². The first-order valence-corrected chi connectivity index (χ1v) is 45.0. The van der Waals surface area contributed by atoms with Gasteiger partial charge in [-0.2, -0.15) is 0 Å². The minimum Gasteiger partial charge on any atom is -0.462 e. The number of unbranched alkanes of at least 4 members (excludes halogenated alkanes) is 14. The van der Waals surface area contributed by atoms with Crippen molar-refractivity contribution in [2.45, 2.75) is 303 Å². The van der Waals surface area contributed by atoms with E-state index in [4.69, 9.17) is 37.0 Å². The fourth-order valence-corrected chi connectivity index (χ4v) is 11.7. The van der Waals surface area contributed by atoms with Gasteiger partial charge >= 0.3 is 39.5 Å². The lowest BCUT2D eigenvalue weighted by atomic mass is 10.1. The van der Waals surface area contributed by atoms with Crippen LogP contribution in [0, 0.1) is 0 Å². The second kappa shape index (κ2) is 82.4. The van der Waals surface area contributed by atoms with Gasteiger partial charge in [-0.25, -0.2) is 9.13 Å². The second-order valence-electron chi connectivity index (χ2n) is 26.9. The Morgan fingerprint density at radius 1 is 0.259 bits per heavy atom. The van der Waals surface area contributed by atoms with Crippen LogP contribution in [0.2, 0.25) is 0 Å². The van der Waals surface area contributed by atoms with Crippen molar-refractivity contribution in [3.63, 3.8) is 0 Å². The predicted octanol–water partition coefficient (Wildman–Crippen LogP) is 25.2. The lowest BCUT2D eigenvalue weighted by Crippen LogP contribution is -2.30. The van der Waals surface area contributed by atoms with Crippen LogP contribution in [0.4, 0.5) is 0 Å². The Hall–Kier alpha value is -6.62. The standard InChI is InChI=1S/C93H146O17P2/c1-5-9-13-17-21-25-29-33-37-40-43-46-50-54-58-62-66-70-74-78-91(96)104-84-89(110-93(98)80-76-72-68-64-60-56-52-48-45-42-39-35-31-27-23-19-15-11-7-3)86-108-112(101,102)106-82-87(94)81-105-111(99,100)107-85-88(83-103-90(95)77-73-69-65-61-57-53-49-36-32-28-24-20-16-12-8-4)109-92(97)79-75-71-67-63-59-55-51-47-44-41-38-34-30-26-22-18-14-10-6-2/h9-10,13-14,21-23,25-27,33-39,43-49,54-56,58-60,66-68,70-72,87-89,94H,5-8,11-12,15-20,24,28-32,40-42,50-53,57,61-65,69,73-86H2,1-4H3,(H,99,100)(H,101,102)/b13-9-,14-10-,25-21-,26-22-,27-23-,37-33-,38-34-,39-35-,46-43-,47-44-,48-45-,49-36-,58-54-,59-55-,60-56-,70-66-,71-67-,72-68-/t87-,88+,89+/m0/s1. The molecule has 17 nitrogen and oxygen atoms in total. The molecule has 0 aromatic rings. The Morgan fingerprint density at radius 2 is 0.482 bits per heavy atom. The van der Waals surface area contributed by atoms with Gasteiger partial charge in [0.05, 0.1) is 26.4 Å². The second-order valence-corrected chi connectivity index (χ2v) is 29.8. The highest BCUT2D eigenvalue weighted by Crippen LogP contribution is 2.45. The number of hydrogen-bond acceptors (Lipinski definition) is 15. The molecule has 0 radical (unpaired) electrons. The van der Waals surface area contributed by atoms with Gasteiger partial charge in [-0.1, -0.05) is 311 Å². The smallest absolute Gasteiger partial charge is 0.462 e. The monoisotopic (exact) mass is 1600 g/mol. The molecular weight excluding hydrogens is 1450 g/mol. The van der Waals surface area contributed by atoms with Gasteiger partial charge in [0.1, 0.15) is 19.3 Å². The molecule has 0 rings (SSSR count). The zero-order valence-electron chi connectivity index (χ0n) is 69.0. The van der Waals surface area contributed by atoms with E-state index in [1.165, 1.54) is 57.8 Å². The third-order valence-electron chi connectivity index (χ3n) is 16.4. The molecule has 0 spiro atoms. The Labute approximate surface area is 677 Å². The van der Waals surface area contributed by atoms with Crippen LogP contribution in [0.15, 0.2) is 219 Å². The van der Waals surface area contributed by atoms with Gasteiger partial charge in [0.2, 0.25) is 0 Å². The summed E-state index contributed by atoms with van der Waals surface area (Å²) in [5.41, 5.74) is 0. The number of ether oxygens (including phenoxy) is 4. The van der Waals surface area contributed by atoms with Crippen molar-refractivity contribution < 1.29 is 80.2 Å². The average Bonchev–Trinajstić information content (AvgIpc) is 0.908. The van der Waals surface area contributed by atoms with Crippen LogP contribution in [-0.4, -0.2) is 96.7 Å². The maximum absolute atomic E-state index is 13.1. The van der Waals surface area contributed by atoms with E-state index in [9.17, 15) is 43.2 Å². The van der Waals surface area contributed by atoms with Crippen molar-refractivity contribution in [3.05, 3.63) is 219 Å². The number of allylic oxidation sites excluding steroid dienone is 36. The van der Waals surface area contributed by atoms with Gasteiger partial charge in [0.15, 0.2) is 12.2 Å². The topological polar surface area (TPSA) is 237 Å². The molecule has 630 valence electrons. The van der Waals surface area contributed by atoms with E-state index in [0.29, 0.717) is 44.9 Å². The molecule has 0 aliphatic carbocycles. The third kappa shape index (κ3) is 81.4. The number of phosphoric ester groups is 2. The van der Waals surface area contributed by atoms with E-state index in [0.717, 1.165) is 128 Å². The van der Waals surface area contributed by atoms with Crippen molar-refractivity contribution in [1.82, 2.24) is 0 Å². The molecule has 0 aliphatic rings. The Balaban J connectivity index is 5.62. The van der Waals surface area contributed by atoms with E-state index in [1.807, 2.05) is 54.7 Å². The molecule has 0 bridgehead atoms. The summed E-state index contributed by atoms with van der Waals surface area (Å²) in [6.45, 7) is 4.32. The number of phosphoric acid groups is 2. The fourth-order valence-electron chi connectivity index (χ4n) is 10.1. The highest BCUT2D eigenvalue weighted by atomic mass is 31.2. The van der Waals surface area contributed by atoms with Crippen molar-refractivity contribution in [2.75, 3.05) is 39.6 Å². The highest BCUT2D eigenvalue weighted by Gasteiger charge is 2.30. The normalized spacial score (nSPS) is 14.9. The van der Waals surface area contributed by atoms with Gasteiger partial charge in [-0.15, -0.1) is 0 Å². The molecule has 3 N–H and O–H groups in total. The molecule has 0 fully saturated rings. The van der Waals surface area contributed by atoms with E-state index in [1.54, 1.807) is 0 Å². The minimum atomic E-state index is -5.04. The average molecular weight is 1600 g/mol. The Morgan fingerprint density at radius 3 is 0.795 bits per heavy atom. The molecular formula is C93H146O17P2. The molecule has 2 unspecified atom stereocenters. The molecule has 0 aromatic carbocycles. The molecule has 0 aliphatic heterocycles. The van der Waals surface area contributed by atoms with Crippen LogP contribution < -0.4 is 0 Å². The summed E-state index contributed by atoms with van der Waals surface area (Å²) < 4.78 is 68.5. The number of carbonyl (C=O) groups is 4. The number of hydrogen-bond donors (Lipinski definition) is 3. The first-order chi connectivity index (χ1) is 54.7. The molecule has 0 saturated carbocycles. The molecule has 5 atom stereocenters. The summed E-state index contributed by atoms with van der Waals surface area (Å²) >= 11 is 0. The number of carbonyl (C=O) groups excluding carboxylic acids is 4. The van der Waals surface area contributed by atoms with Crippen LogP contribution >= 0.6 is 15.6 Å². The maximum Gasteiger partial charge on any atom is 0.472 e. The van der Waals surface area contributed by atoms with Crippen LogP contribution in [0.1, 0.15) is 285 Å². The first kappa shape index (κ1) is 105. The Kier molecular flexibility index (Phi) is 77.5. The highest BCUT2D eigenvalue weighted by molar-refractivity contribution is 7.47. The van der Waals surface area contributed by atoms with E-state index < -0.39 is 97.5 Å². The molecule has 0 aromatic heterocycles. The van der Waals surface area contributed by atoms with Crippen LogP contribution in [0.25, 0.3) is 0 Å². The zero-order chi connectivity index (χ0) is 81.7. The van der Waals surface area contributed by atoms with Crippen LogP contribution in [0.5, 0.6) is 0 Å². The fraction of sp³-hybridized carbons (Fsp3) is 0.570. The van der Waals surface area contributed by atoms with Crippen molar-refractivity contribution in [1.29, 1.82) is 0 Å². The predicted molar refractivity (Wildman–Crippen MR) is 463 cm³/mol. The first-order valence-electron chi connectivity index (χ1n) is 42.0. The number of rotatable bonds is 76. The zero-order valence-corrected chi connectivity index (χ0v) is 70.8. The SMILES string of the molecule is CC/C=C\C/C=C\C/C=C\C/C=C\C/C=C\C/C=C\CCC(=O)OC[C@H](COP(=O)(O)OC[C@@H](O)COP(=O)(O)OC[C@@H](COC(=O)CCCCCCC/C=C\CCCCCCCC)OC(=O)CC/C=C\C/C=C\C/C=C\C/C=C\C/C=C\C/C=C\CC)OC(=O)CC/C=C\C/C=C\C/C=C\C/C=C\C/C=C\CCCCC. The van der Waals surface area contributed by atoms with Gasteiger partial charge in [0, 0.05) is 25.7 Å². The summed E-state index contributed by atoms with van der Waals surface area (Å²) in [7, 11) is -10.1. The minimum absolute atomic E-state index is 0.00939. The molecule has 0 amide bonds. The van der Waals surface area contributed by atoms with Crippen LogP contribution in [0.3, 0.4) is 0 Å². The maximum atomic E-state index is 13.1. The number of aliphatic hydroxyl groups excluding tert-OH is 1. The summed E-state index contributed by atoms with van der Waals surface area (Å²) in [5, 5.41) is 10.7. The molecule has 19 heteroatoms. The summed E-state index contributed by atoms with van der Waals surface area (Å²) in [6.07, 6.45) is 105. The van der Waals surface area contributed by atoms with Crippen molar-refractivity contribution >= 4 is 39.5 Å². The molecule has 112 heavy (non-hydrogen) atoms. The van der Waals surface area contributed by atoms with E-state index in [2.05, 4.69) is 192 Å². The molecule has 0 saturated heterocycles. The van der Waals surface area contributed by atoms with Gasteiger partial charge in [-0.05, 0) is 167 Å². The molecule has 0 heterocycles. The summed E-state index contributed by atoms with van der Waals surface area (Å²) in [4.78, 5) is 73.1.